The summed E-state index contributed by atoms with van der Waals surface area (Å²) in [6.45, 7) is 3.47. The molecule has 17 heavy (non-hydrogen) atoms. The van der Waals surface area contributed by atoms with Crippen LogP contribution in [0.1, 0.15) is 12.5 Å². The Morgan fingerprint density at radius 2 is 2.12 bits per heavy atom. The van der Waals surface area contributed by atoms with Crippen LogP contribution in [0.25, 0.3) is 10.9 Å². The van der Waals surface area contributed by atoms with E-state index in [9.17, 15) is 8.78 Å². The standard InChI is InChI=1S/C13H16F2N2/c1-2-16-8-10-3-4-11-5-6-17(9-13(14)15)12(11)7-10/h3-7,13,16H,2,8-9H2,1H3. The highest BCUT2D eigenvalue weighted by Gasteiger charge is 2.07. The molecule has 1 aromatic heterocycles. The summed E-state index contributed by atoms with van der Waals surface area (Å²) in [7, 11) is 0. The van der Waals surface area contributed by atoms with Gasteiger partial charge in [0.25, 0.3) is 6.43 Å². The van der Waals surface area contributed by atoms with Crippen molar-refractivity contribution in [3.05, 3.63) is 36.0 Å². The van der Waals surface area contributed by atoms with Gasteiger partial charge < -0.3 is 9.88 Å². The molecule has 0 atom stereocenters. The van der Waals surface area contributed by atoms with Gasteiger partial charge in [-0.25, -0.2) is 8.78 Å². The number of nitrogens with zero attached hydrogens (tertiary/aromatic N) is 1. The second kappa shape index (κ2) is 5.27. The number of halogens is 2. The van der Waals surface area contributed by atoms with Crippen LogP contribution < -0.4 is 5.32 Å². The number of benzene rings is 1. The van der Waals surface area contributed by atoms with E-state index in [1.54, 1.807) is 10.8 Å². The molecule has 2 rings (SSSR count). The first-order chi connectivity index (χ1) is 8.20. The zero-order valence-corrected chi connectivity index (χ0v) is 9.79. The van der Waals surface area contributed by atoms with E-state index in [4.69, 9.17) is 0 Å². The smallest absolute Gasteiger partial charge is 0.256 e. The number of rotatable bonds is 5. The molecule has 0 fully saturated rings. The minimum atomic E-state index is -2.32. The fourth-order valence-corrected chi connectivity index (χ4v) is 1.92. The van der Waals surface area contributed by atoms with Gasteiger partial charge in [-0.3, -0.25) is 0 Å². The highest BCUT2D eigenvalue weighted by atomic mass is 19.3. The van der Waals surface area contributed by atoms with E-state index in [1.807, 2.05) is 31.2 Å². The largest absolute Gasteiger partial charge is 0.342 e. The first-order valence-corrected chi connectivity index (χ1v) is 5.77. The van der Waals surface area contributed by atoms with Gasteiger partial charge >= 0.3 is 0 Å². The molecule has 0 saturated heterocycles. The molecule has 92 valence electrons. The van der Waals surface area contributed by atoms with Gasteiger partial charge in [0.1, 0.15) is 0 Å². The van der Waals surface area contributed by atoms with Crippen LogP contribution in [0.5, 0.6) is 0 Å². The summed E-state index contributed by atoms with van der Waals surface area (Å²) in [5.41, 5.74) is 1.99. The fourth-order valence-electron chi connectivity index (χ4n) is 1.92. The lowest BCUT2D eigenvalue weighted by molar-refractivity contribution is 0.128. The monoisotopic (exact) mass is 238 g/mol. The van der Waals surface area contributed by atoms with Crippen molar-refractivity contribution in [1.29, 1.82) is 0 Å². The number of fused-ring (bicyclic) bond motifs is 1. The summed E-state index contributed by atoms with van der Waals surface area (Å²) in [5.74, 6) is 0. The van der Waals surface area contributed by atoms with Gasteiger partial charge in [-0.2, -0.15) is 0 Å². The van der Waals surface area contributed by atoms with Crippen LogP contribution in [-0.4, -0.2) is 17.5 Å². The van der Waals surface area contributed by atoms with Crippen molar-refractivity contribution in [3.63, 3.8) is 0 Å². The summed E-state index contributed by atoms with van der Waals surface area (Å²) >= 11 is 0. The van der Waals surface area contributed by atoms with Gasteiger partial charge in [-0.05, 0) is 29.6 Å². The van der Waals surface area contributed by atoms with Crippen LogP contribution >= 0.6 is 0 Å². The predicted octanol–water partition coefficient (Wildman–Crippen LogP) is 3.02. The Hall–Kier alpha value is -1.42. The Morgan fingerprint density at radius 1 is 1.29 bits per heavy atom. The van der Waals surface area contributed by atoms with Crippen molar-refractivity contribution in [3.8, 4) is 0 Å². The quantitative estimate of drug-likeness (QED) is 0.847. The van der Waals surface area contributed by atoms with E-state index in [1.165, 1.54) is 0 Å². The summed E-state index contributed by atoms with van der Waals surface area (Å²) in [6.07, 6.45) is -0.601. The summed E-state index contributed by atoms with van der Waals surface area (Å²) < 4.78 is 26.4. The fraction of sp³-hybridized carbons (Fsp3) is 0.385. The van der Waals surface area contributed by atoms with E-state index in [2.05, 4.69) is 5.32 Å². The molecular weight excluding hydrogens is 222 g/mol. The van der Waals surface area contributed by atoms with Crippen molar-refractivity contribution in [2.75, 3.05) is 6.54 Å². The molecular formula is C13H16F2N2. The molecule has 0 unspecified atom stereocenters. The zero-order valence-electron chi connectivity index (χ0n) is 9.79. The second-order valence-corrected chi connectivity index (χ2v) is 4.03. The molecule has 0 saturated carbocycles. The van der Waals surface area contributed by atoms with Crippen LogP contribution in [-0.2, 0) is 13.1 Å². The van der Waals surface area contributed by atoms with Gasteiger partial charge in [0.05, 0.1) is 6.54 Å². The zero-order chi connectivity index (χ0) is 12.3. The molecule has 0 bridgehead atoms. The van der Waals surface area contributed by atoms with Gasteiger partial charge in [0.2, 0.25) is 0 Å². The molecule has 0 radical (unpaired) electrons. The lowest BCUT2D eigenvalue weighted by Crippen LogP contribution is -2.11. The van der Waals surface area contributed by atoms with E-state index in [0.29, 0.717) is 0 Å². The minimum Gasteiger partial charge on any atom is -0.342 e. The van der Waals surface area contributed by atoms with Crippen LogP contribution in [0, 0.1) is 0 Å². The summed E-state index contributed by atoms with van der Waals surface area (Å²) in [6, 6.07) is 7.84. The average Bonchev–Trinajstić information content (AvgIpc) is 2.69. The first-order valence-electron chi connectivity index (χ1n) is 5.77. The molecule has 1 heterocycles. The third-order valence-corrected chi connectivity index (χ3v) is 2.75. The maximum atomic E-state index is 12.4. The molecule has 1 aromatic carbocycles. The number of aromatic nitrogens is 1. The molecule has 2 nitrogen and oxygen atoms in total. The molecule has 0 amide bonds. The van der Waals surface area contributed by atoms with E-state index >= 15 is 0 Å². The lowest BCUT2D eigenvalue weighted by Gasteiger charge is -2.06. The number of nitrogens with one attached hydrogen (secondary N) is 1. The van der Waals surface area contributed by atoms with Gasteiger partial charge in [-0.1, -0.05) is 19.1 Å². The third kappa shape index (κ3) is 2.82. The molecule has 1 N–H and O–H groups in total. The molecule has 0 aliphatic carbocycles. The van der Waals surface area contributed by atoms with Crippen LogP contribution in [0.4, 0.5) is 8.78 Å². The van der Waals surface area contributed by atoms with Crippen LogP contribution in [0.15, 0.2) is 30.5 Å². The van der Waals surface area contributed by atoms with E-state index in [-0.39, 0.29) is 6.54 Å². The molecule has 4 heteroatoms. The molecule has 2 aromatic rings. The van der Waals surface area contributed by atoms with Crippen molar-refractivity contribution >= 4 is 10.9 Å². The van der Waals surface area contributed by atoms with E-state index < -0.39 is 6.43 Å². The number of alkyl halides is 2. The Balaban J connectivity index is 2.29. The van der Waals surface area contributed by atoms with Crippen molar-refractivity contribution in [2.45, 2.75) is 26.4 Å². The molecule has 0 aliphatic rings. The maximum absolute atomic E-state index is 12.4. The topological polar surface area (TPSA) is 17.0 Å². The predicted molar refractivity (Wildman–Crippen MR) is 65.3 cm³/mol. The minimum absolute atomic E-state index is 0.242. The Bertz CT molecular complexity index is 491. The third-order valence-electron chi connectivity index (χ3n) is 2.75. The van der Waals surface area contributed by atoms with Gasteiger partial charge in [0, 0.05) is 18.3 Å². The summed E-state index contributed by atoms with van der Waals surface area (Å²) in [5, 5.41) is 4.23. The van der Waals surface area contributed by atoms with Crippen molar-refractivity contribution in [1.82, 2.24) is 9.88 Å². The van der Waals surface area contributed by atoms with Gasteiger partial charge in [0.15, 0.2) is 0 Å². The SMILES string of the molecule is CCNCc1ccc2ccn(CC(F)F)c2c1. The first kappa shape index (κ1) is 12.0. The second-order valence-electron chi connectivity index (χ2n) is 4.03. The maximum Gasteiger partial charge on any atom is 0.256 e. The average molecular weight is 238 g/mol. The highest BCUT2D eigenvalue weighted by molar-refractivity contribution is 5.80. The van der Waals surface area contributed by atoms with Crippen molar-refractivity contribution < 1.29 is 8.78 Å². The Labute approximate surface area is 99.2 Å². The van der Waals surface area contributed by atoms with Crippen LogP contribution in [0.3, 0.4) is 0 Å². The highest BCUT2D eigenvalue weighted by Crippen LogP contribution is 2.18. The van der Waals surface area contributed by atoms with Crippen molar-refractivity contribution in [2.24, 2.45) is 0 Å². The normalized spacial score (nSPS) is 11.5. The van der Waals surface area contributed by atoms with E-state index in [0.717, 1.165) is 29.6 Å². The number of hydrogen-bond acceptors (Lipinski definition) is 1. The summed E-state index contributed by atoms with van der Waals surface area (Å²) in [4.78, 5) is 0. The molecule has 0 aliphatic heterocycles. The Morgan fingerprint density at radius 3 is 2.82 bits per heavy atom. The molecule has 0 spiro atoms. The lowest BCUT2D eigenvalue weighted by atomic mass is 10.1. The van der Waals surface area contributed by atoms with Gasteiger partial charge in [-0.15, -0.1) is 0 Å². The van der Waals surface area contributed by atoms with Crippen LogP contribution in [0.2, 0.25) is 0 Å². The Kier molecular flexibility index (Phi) is 3.74. The number of hydrogen-bond donors (Lipinski definition) is 1.